The number of rotatable bonds is 0. The van der Waals surface area contributed by atoms with Crippen LogP contribution in [0.2, 0.25) is 0 Å². The standard InChI is InChI=1S/5FH.3GeHO2.2GeO2.Mg.H3P/c;;;;;5*2-1-3;;/h5*1H;3*2H;;;;1H3/q;;;;;;;;2*-1;+2;. The van der Waals surface area contributed by atoms with Gasteiger partial charge in [-0.05, 0) is 0 Å². The Morgan fingerprint density at radius 1 is 0.545 bits per heavy atom. The summed E-state index contributed by atoms with van der Waals surface area (Å²) in [5.41, 5.74) is 0. The molecule has 0 aliphatic rings. The van der Waals surface area contributed by atoms with Gasteiger partial charge in [-0.1, -0.05) is 0 Å². The predicted octanol–water partition coefficient (Wildman–Crippen LogP) is -6.11. The van der Waals surface area contributed by atoms with Crippen molar-refractivity contribution in [3.63, 3.8) is 0 Å². The minimum atomic E-state index is -2.00. The SMILES string of the molecule is F.F.F.F.F.P.[Mg+2].[O]=[Ge][O-].[O]=[Ge][O-].[O]=[Ge][OH].[O]=[Ge][OH].[O]=[Ge][OH]. The van der Waals surface area contributed by atoms with Crippen LogP contribution in [0.4, 0.5) is 23.5 Å². The van der Waals surface area contributed by atoms with Crippen molar-refractivity contribution in [2.24, 2.45) is 0 Å². The first-order valence-corrected chi connectivity index (χ1v) is 10.9. The van der Waals surface area contributed by atoms with Gasteiger partial charge in [0.25, 0.3) is 0 Å². The Labute approximate surface area is 173 Å². The molecule has 0 aromatic carbocycles. The molecule has 0 amide bonds. The summed E-state index contributed by atoms with van der Waals surface area (Å²) >= 11 is -9.25. The Bertz CT molecular complexity index is 114. The van der Waals surface area contributed by atoms with Crippen LogP contribution in [0.5, 0.6) is 0 Å². The molecule has 133 valence electrons. The maximum atomic E-state index is 8.61. The van der Waals surface area contributed by atoms with Crippen molar-refractivity contribution < 1.29 is 63.1 Å². The zero-order chi connectivity index (χ0) is 13.5. The third-order valence-electron chi connectivity index (χ3n) is 0. The van der Waals surface area contributed by atoms with Crippen molar-refractivity contribution >= 4 is 111 Å². The van der Waals surface area contributed by atoms with Crippen molar-refractivity contribution in [3.8, 4) is 0 Å². The first-order valence-electron chi connectivity index (χ1n) is 2.10. The Morgan fingerprint density at radius 2 is 0.545 bits per heavy atom. The summed E-state index contributed by atoms with van der Waals surface area (Å²) < 4.78 is 81.2. The molecule has 0 spiro atoms. The van der Waals surface area contributed by atoms with Crippen molar-refractivity contribution in [3.05, 3.63) is 0 Å². The molecule has 1 unspecified atom stereocenters. The van der Waals surface area contributed by atoms with Gasteiger partial charge in [-0.15, -0.1) is 0 Å². The van der Waals surface area contributed by atoms with Crippen LogP contribution in [0.15, 0.2) is 0 Å². The van der Waals surface area contributed by atoms with Gasteiger partial charge in [0.05, 0.1) is 0 Å². The molecule has 5 radical (unpaired) electrons. The fraction of sp³-hybridized carbons (Fsp3) is 0. The van der Waals surface area contributed by atoms with Gasteiger partial charge in [0.2, 0.25) is 0 Å². The number of hydrogen-bond acceptors (Lipinski definition) is 7. The van der Waals surface area contributed by atoms with Gasteiger partial charge in [-0.3, -0.25) is 23.5 Å². The van der Waals surface area contributed by atoms with Crippen molar-refractivity contribution in [2.75, 3.05) is 0 Å². The molecule has 0 fully saturated rings. The number of hydrogen-bond donors (Lipinski definition) is 3. The van der Waals surface area contributed by atoms with Crippen LogP contribution in [0, 0.1) is 0 Å². The summed E-state index contributed by atoms with van der Waals surface area (Å²) in [5, 5.41) is 0. The molecule has 0 aliphatic carbocycles. The van der Waals surface area contributed by atoms with E-state index in [4.69, 9.17) is 39.6 Å². The molecule has 3 N–H and O–H groups in total. The Morgan fingerprint density at radius 3 is 0.545 bits per heavy atom. The van der Waals surface area contributed by atoms with E-state index < -0.39 is 78.5 Å². The molecule has 0 bridgehead atoms. The van der Waals surface area contributed by atoms with Crippen LogP contribution in [0.1, 0.15) is 0 Å². The van der Waals surface area contributed by atoms with Crippen LogP contribution in [-0.2, 0) is 18.9 Å². The molecule has 0 saturated carbocycles. The van der Waals surface area contributed by atoms with Crippen LogP contribution in [0.25, 0.3) is 0 Å². The zero-order valence-corrected chi connectivity index (χ0v) is 23.5. The average molecular weight is 684 g/mol. The topological polar surface area (TPSA) is 192 Å². The van der Waals surface area contributed by atoms with Gasteiger partial charge >= 0.3 is 141 Å². The summed E-state index contributed by atoms with van der Waals surface area (Å²) in [6.45, 7) is 0. The summed E-state index contributed by atoms with van der Waals surface area (Å²) in [5.74, 6) is 0. The molecule has 22 heteroatoms. The fourth-order valence-corrected chi connectivity index (χ4v) is 0. The van der Waals surface area contributed by atoms with E-state index in [9.17, 15) is 0 Å². The van der Waals surface area contributed by atoms with Gasteiger partial charge in [-0.25, -0.2) is 0 Å². The average Bonchev–Trinajstić information content (AvgIpc) is 2.09. The van der Waals surface area contributed by atoms with E-state index in [1.54, 1.807) is 0 Å². The maximum absolute atomic E-state index is 8.61. The molecule has 1 atom stereocenters. The Hall–Kier alpha value is 1.56. The summed E-state index contributed by atoms with van der Waals surface area (Å²) in [6, 6.07) is 0. The van der Waals surface area contributed by atoms with Gasteiger partial charge < -0.3 is 0 Å². The molecular formula is H11F5Ge5MgO10P. The van der Waals surface area contributed by atoms with Crippen LogP contribution in [-0.4, -0.2) is 114 Å². The van der Waals surface area contributed by atoms with Gasteiger partial charge in [-0.2, -0.15) is 9.90 Å². The van der Waals surface area contributed by atoms with Crippen LogP contribution >= 0.6 is 9.90 Å². The Balaban J connectivity index is -0.00000000526. The van der Waals surface area contributed by atoms with Gasteiger partial charge in [0.1, 0.15) is 0 Å². The summed E-state index contributed by atoms with van der Waals surface area (Å²) in [4.78, 5) is 0. The van der Waals surface area contributed by atoms with E-state index >= 15 is 0 Å². The first kappa shape index (κ1) is 89.7. The monoisotopic (exact) mass is 691 g/mol. The van der Waals surface area contributed by atoms with E-state index in [0.29, 0.717) is 0 Å². The first-order chi connectivity index (χ1) is 7.07. The van der Waals surface area contributed by atoms with E-state index in [2.05, 4.69) is 0 Å². The second-order valence-corrected chi connectivity index (χ2v) is 2.29. The molecule has 0 aromatic rings. The third-order valence-corrected chi connectivity index (χ3v) is 0. The molecule has 0 heterocycles. The van der Waals surface area contributed by atoms with E-state index in [-0.39, 0.29) is 56.5 Å². The second kappa shape index (κ2) is 244. The predicted molar refractivity (Wildman–Crippen MR) is 68.2 cm³/mol. The van der Waals surface area contributed by atoms with Crippen LogP contribution < -0.4 is 8.27 Å². The van der Waals surface area contributed by atoms with Crippen LogP contribution in [0.3, 0.4) is 0 Å². The molecule has 10 nitrogen and oxygen atoms in total. The normalized spacial score (nSPS) is 2.73. The molecular weight excluding hydrogens is 673 g/mol. The molecule has 0 saturated heterocycles. The second-order valence-electron chi connectivity index (χ2n) is 0.441. The molecule has 0 aliphatic heterocycles. The number of halogens is 5. The fourth-order valence-electron chi connectivity index (χ4n) is 0. The minimum absolute atomic E-state index is 0. The van der Waals surface area contributed by atoms with Crippen molar-refractivity contribution in [2.45, 2.75) is 0 Å². The summed E-state index contributed by atoms with van der Waals surface area (Å²) in [7, 11) is 0. The van der Waals surface area contributed by atoms with Gasteiger partial charge in [0, 0.05) is 0 Å². The molecule has 0 rings (SSSR count). The third kappa shape index (κ3) is 3740. The Kier molecular flexibility index (Phi) is 994. The van der Waals surface area contributed by atoms with Crippen molar-refractivity contribution in [1.29, 1.82) is 0 Å². The summed E-state index contributed by atoms with van der Waals surface area (Å²) in [6.07, 6.45) is 0. The quantitative estimate of drug-likeness (QED) is 0.126. The van der Waals surface area contributed by atoms with Crippen molar-refractivity contribution in [1.82, 2.24) is 0 Å². The molecule has 22 heavy (non-hydrogen) atoms. The van der Waals surface area contributed by atoms with E-state index in [1.165, 1.54) is 0 Å². The zero-order valence-electron chi connectivity index (χ0n) is 10.2. The van der Waals surface area contributed by atoms with Gasteiger partial charge in [0.15, 0.2) is 0 Å². The molecule has 0 aromatic heterocycles. The van der Waals surface area contributed by atoms with E-state index in [1.807, 2.05) is 0 Å². The van der Waals surface area contributed by atoms with E-state index in [0.717, 1.165) is 0 Å².